The molecule has 1 N–H and O–H groups in total. The summed E-state index contributed by atoms with van der Waals surface area (Å²) in [5.41, 5.74) is 1.77. The standard InChI is InChI=1S/C14H17N3O2/c1-9-4-2-3-7-17(9)14(19)12-11-8-16-13(18)10(11)5-6-15-12/h5-6,9H,2-4,7-8H2,1H3,(H,16,18). The largest absolute Gasteiger partial charge is 0.348 e. The van der Waals surface area contributed by atoms with E-state index < -0.39 is 0 Å². The van der Waals surface area contributed by atoms with Crippen molar-refractivity contribution in [1.82, 2.24) is 15.2 Å². The second-order valence-corrected chi connectivity index (χ2v) is 5.21. The predicted octanol–water partition coefficient (Wildman–Crippen LogP) is 1.34. The van der Waals surface area contributed by atoms with Crippen molar-refractivity contribution >= 4 is 11.8 Å². The van der Waals surface area contributed by atoms with Gasteiger partial charge in [0.05, 0.1) is 0 Å². The highest BCUT2D eigenvalue weighted by Crippen LogP contribution is 2.23. The quantitative estimate of drug-likeness (QED) is 0.827. The van der Waals surface area contributed by atoms with Crippen molar-refractivity contribution in [3.63, 3.8) is 0 Å². The lowest BCUT2D eigenvalue weighted by Gasteiger charge is -2.33. The number of carbonyl (C=O) groups excluding carboxylic acids is 2. The van der Waals surface area contributed by atoms with Crippen LogP contribution in [-0.4, -0.2) is 34.3 Å². The molecule has 1 unspecified atom stereocenters. The Bertz CT molecular complexity index is 541. The van der Waals surface area contributed by atoms with Crippen LogP contribution in [0.1, 0.15) is 52.6 Å². The van der Waals surface area contributed by atoms with Crippen molar-refractivity contribution in [1.29, 1.82) is 0 Å². The molecule has 2 amide bonds. The summed E-state index contributed by atoms with van der Waals surface area (Å²) in [7, 11) is 0. The minimum atomic E-state index is -0.113. The van der Waals surface area contributed by atoms with E-state index in [0.717, 1.165) is 24.9 Å². The average Bonchev–Trinajstić information content (AvgIpc) is 2.80. The minimum absolute atomic E-state index is 0.0412. The average molecular weight is 259 g/mol. The summed E-state index contributed by atoms with van der Waals surface area (Å²) in [5, 5.41) is 2.74. The van der Waals surface area contributed by atoms with E-state index in [2.05, 4.69) is 17.2 Å². The number of aromatic nitrogens is 1. The highest BCUT2D eigenvalue weighted by atomic mass is 16.2. The first-order valence-corrected chi connectivity index (χ1v) is 6.75. The van der Waals surface area contributed by atoms with E-state index in [1.165, 1.54) is 6.42 Å². The van der Waals surface area contributed by atoms with Crippen molar-refractivity contribution in [2.75, 3.05) is 6.54 Å². The molecule has 2 aliphatic heterocycles. The number of carbonyl (C=O) groups is 2. The van der Waals surface area contributed by atoms with Crippen LogP contribution >= 0.6 is 0 Å². The summed E-state index contributed by atoms with van der Waals surface area (Å²) in [6.07, 6.45) is 4.80. The molecule has 0 aromatic carbocycles. The molecule has 19 heavy (non-hydrogen) atoms. The van der Waals surface area contributed by atoms with Gasteiger partial charge in [-0.3, -0.25) is 14.6 Å². The second kappa shape index (κ2) is 4.64. The fourth-order valence-electron chi connectivity index (χ4n) is 2.87. The number of likely N-dealkylation sites (tertiary alicyclic amines) is 1. The van der Waals surface area contributed by atoms with Crippen LogP contribution in [0, 0.1) is 0 Å². The number of hydrogen-bond donors (Lipinski definition) is 1. The summed E-state index contributed by atoms with van der Waals surface area (Å²) in [6, 6.07) is 1.93. The molecule has 100 valence electrons. The molecule has 3 rings (SSSR count). The zero-order valence-corrected chi connectivity index (χ0v) is 11.0. The summed E-state index contributed by atoms with van der Waals surface area (Å²) >= 11 is 0. The Balaban J connectivity index is 1.94. The van der Waals surface area contributed by atoms with Crippen LogP contribution in [0.2, 0.25) is 0 Å². The van der Waals surface area contributed by atoms with Crippen LogP contribution in [0.15, 0.2) is 12.3 Å². The number of amides is 2. The monoisotopic (exact) mass is 259 g/mol. The van der Waals surface area contributed by atoms with E-state index >= 15 is 0 Å². The van der Waals surface area contributed by atoms with Crippen molar-refractivity contribution in [2.24, 2.45) is 0 Å². The lowest BCUT2D eigenvalue weighted by Crippen LogP contribution is -2.42. The van der Waals surface area contributed by atoms with Gasteiger partial charge in [0.25, 0.3) is 11.8 Å². The fraction of sp³-hybridized carbons (Fsp3) is 0.500. The van der Waals surface area contributed by atoms with Gasteiger partial charge in [0.1, 0.15) is 5.69 Å². The Morgan fingerprint density at radius 2 is 2.32 bits per heavy atom. The van der Waals surface area contributed by atoms with Gasteiger partial charge in [0, 0.05) is 36.5 Å². The van der Waals surface area contributed by atoms with Gasteiger partial charge in [0.2, 0.25) is 0 Å². The molecule has 1 saturated heterocycles. The van der Waals surface area contributed by atoms with Crippen LogP contribution in [0.5, 0.6) is 0 Å². The zero-order valence-electron chi connectivity index (χ0n) is 11.0. The number of nitrogens with one attached hydrogen (secondary N) is 1. The Kier molecular flexibility index (Phi) is 2.97. The third-order valence-electron chi connectivity index (χ3n) is 3.99. The van der Waals surface area contributed by atoms with E-state index in [4.69, 9.17) is 0 Å². The molecule has 0 radical (unpaired) electrons. The highest BCUT2D eigenvalue weighted by molar-refractivity contribution is 6.03. The van der Waals surface area contributed by atoms with Gasteiger partial charge < -0.3 is 10.2 Å². The Morgan fingerprint density at radius 1 is 1.47 bits per heavy atom. The second-order valence-electron chi connectivity index (χ2n) is 5.21. The third kappa shape index (κ3) is 1.99. The van der Waals surface area contributed by atoms with Gasteiger partial charge in [-0.15, -0.1) is 0 Å². The molecule has 1 fully saturated rings. The van der Waals surface area contributed by atoms with E-state index in [0.29, 0.717) is 17.8 Å². The summed E-state index contributed by atoms with van der Waals surface area (Å²) in [4.78, 5) is 30.3. The lowest BCUT2D eigenvalue weighted by atomic mass is 10.0. The van der Waals surface area contributed by atoms with Crippen LogP contribution in [-0.2, 0) is 6.54 Å². The van der Waals surface area contributed by atoms with Crippen molar-refractivity contribution in [2.45, 2.75) is 38.8 Å². The summed E-state index contributed by atoms with van der Waals surface area (Å²) < 4.78 is 0. The number of pyridine rings is 1. The molecule has 0 spiro atoms. The topological polar surface area (TPSA) is 62.3 Å². The van der Waals surface area contributed by atoms with Crippen LogP contribution in [0.4, 0.5) is 0 Å². The Morgan fingerprint density at radius 3 is 3.11 bits per heavy atom. The van der Waals surface area contributed by atoms with Crippen molar-refractivity contribution < 1.29 is 9.59 Å². The third-order valence-corrected chi connectivity index (χ3v) is 3.99. The van der Waals surface area contributed by atoms with Crippen LogP contribution in [0.25, 0.3) is 0 Å². The molecule has 5 nitrogen and oxygen atoms in total. The number of rotatable bonds is 1. The smallest absolute Gasteiger partial charge is 0.273 e. The van der Waals surface area contributed by atoms with Crippen molar-refractivity contribution in [3.05, 3.63) is 29.1 Å². The van der Waals surface area contributed by atoms with Crippen LogP contribution in [0.3, 0.4) is 0 Å². The molecular formula is C14H17N3O2. The van der Waals surface area contributed by atoms with Gasteiger partial charge in [-0.2, -0.15) is 0 Å². The molecule has 0 aliphatic carbocycles. The molecule has 1 atom stereocenters. The number of fused-ring (bicyclic) bond motifs is 1. The summed E-state index contributed by atoms with van der Waals surface area (Å²) in [5.74, 6) is -0.154. The Labute approximate surface area is 112 Å². The molecule has 0 saturated carbocycles. The Hall–Kier alpha value is -1.91. The minimum Gasteiger partial charge on any atom is -0.348 e. The van der Waals surface area contributed by atoms with Gasteiger partial charge in [-0.25, -0.2) is 0 Å². The van der Waals surface area contributed by atoms with E-state index in [-0.39, 0.29) is 17.9 Å². The summed E-state index contributed by atoms with van der Waals surface area (Å²) in [6.45, 7) is 3.27. The first-order chi connectivity index (χ1) is 9.18. The van der Waals surface area contributed by atoms with E-state index in [1.54, 1.807) is 12.3 Å². The highest BCUT2D eigenvalue weighted by Gasteiger charge is 2.30. The molecule has 1 aromatic rings. The molecule has 3 heterocycles. The SMILES string of the molecule is CC1CCCCN1C(=O)c1nccc2c1CNC2=O. The fourth-order valence-corrected chi connectivity index (χ4v) is 2.87. The van der Waals surface area contributed by atoms with E-state index in [9.17, 15) is 9.59 Å². The van der Waals surface area contributed by atoms with Gasteiger partial charge in [-0.05, 0) is 32.3 Å². The first kappa shape index (κ1) is 12.1. The maximum atomic E-state index is 12.6. The van der Waals surface area contributed by atoms with Crippen molar-refractivity contribution in [3.8, 4) is 0 Å². The molecule has 1 aromatic heterocycles. The maximum absolute atomic E-state index is 12.6. The molecule has 5 heteroatoms. The van der Waals surface area contributed by atoms with Gasteiger partial charge in [-0.1, -0.05) is 0 Å². The lowest BCUT2D eigenvalue weighted by molar-refractivity contribution is 0.0628. The number of hydrogen-bond acceptors (Lipinski definition) is 3. The molecular weight excluding hydrogens is 242 g/mol. The molecule has 0 bridgehead atoms. The number of piperidine rings is 1. The zero-order chi connectivity index (χ0) is 13.4. The van der Waals surface area contributed by atoms with Crippen LogP contribution < -0.4 is 5.32 Å². The van der Waals surface area contributed by atoms with Gasteiger partial charge >= 0.3 is 0 Å². The molecule has 2 aliphatic rings. The number of nitrogens with zero attached hydrogens (tertiary/aromatic N) is 2. The van der Waals surface area contributed by atoms with Gasteiger partial charge in [0.15, 0.2) is 0 Å². The normalized spacial score (nSPS) is 22.1. The van der Waals surface area contributed by atoms with E-state index in [1.807, 2.05) is 4.90 Å². The first-order valence-electron chi connectivity index (χ1n) is 6.75. The predicted molar refractivity (Wildman–Crippen MR) is 69.8 cm³/mol. The maximum Gasteiger partial charge on any atom is 0.273 e.